The Morgan fingerprint density at radius 3 is 1.75 bits per heavy atom. The number of non-ortho nitro benzene ring substituents is 2. The van der Waals surface area contributed by atoms with Gasteiger partial charge in [-0.3, -0.25) is 30.4 Å². The van der Waals surface area contributed by atoms with Gasteiger partial charge in [-0.25, -0.2) is 10.2 Å². The Bertz CT molecular complexity index is 1300. The molecule has 3 saturated heterocycles. The SMILES string of the molecule is CCO.CCOC(=O)C=C1CCN(c2ccc([N+](=O)[O-])cc2)CC1.O=C1CC2(CCN(c3ccc([N+](=O)[O-])cc3)CC2)NN1. The Labute approximate surface area is 255 Å². The van der Waals surface area contributed by atoms with Crippen molar-refractivity contribution in [2.75, 3.05) is 49.2 Å². The third-order valence-corrected chi connectivity index (χ3v) is 7.55. The number of aliphatic hydroxyl groups excluding tert-OH is 1. The number of hydrazine groups is 1. The van der Waals surface area contributed by atoms with Crippen LogP contribution in [0.15, 0.2) is 60.2 Å². The second kappa shape index (κ2) is 16.3. The maximum absolute atomic E-state index is 11.4. The van der Waals surface area contributed by atoms with Gasteiger partial charge in [0.15, 0.2) is 0 Å². The number of aliphatic hydroxyl groups is 1. The van der Waals surface area contributed by atoms with Crippen molar-refractivity contribution in [2.45, 2.75) is 51.5 Å². The van der Waals surface area contributed by atoms with Crippen molar-refractivity contribution >= 4 is 34.6 Å². The summed E-state index contributed by atoms with van der Waals surface area (Å²) < 4.78 is 4.90. The Morgan fingerprint density at radius 1 is 0.909 bits per heavy atom. The second-order valence-corrected chi connectivity index (χ2v) is 10.5. The van der Waals surface area contributed by atoms with E-state index in [-0.39, 0.29) is 35.4 Å². The van der Waals surface area contributed by atoms with Gasteiger partial charge in [0.05, 0.1) is 16.5 Å². The van der Waals surface area contributed by atoms with Gasteiger partial charge in [0.1, 0.15) is 0 Å². The lowest BCUT2D eigenvalue weighted by Gasteiger charge is -2.39. The number of hydrogen-bond donors (Lipinski definition) is 3. The van der Waals surface area contributed by atoms with Crippen LogP contribution in [-0.4, -0.2) is 71.8 Å². The largest absolute Gasteiger partial charge is 0.463 e. The number of carbonyl (C=O) groups is 2. The molecule has 14 heteroatoms. The Balaban J connectivity index is 0.000000221. The molecule has 1 amide bonds. The van der Waals surface area contributed by atoms with Gasteiger partial charge in [0, 0.05) is 86.5 Å². The molecular weight excluding hydrogens is 572 g/mol. The van der Waals surface area contributed by atoms with Crippen LogP contribution in [0.4, 0.5) is 22.7 Å². The summed E-state index contributed by atoms with van der Waals surface area (Å²) in [6, 6.07) is 13.2. The van der Waals surface area contributed by atoms with E-state index in [0.29, 0.717) is 13.0 Å². The maximum Gasteiger partial charge on any atom is 0.330 e. The zero-order chi connectivity index (χ0) is 32.1. The van der Waals surface area contributed by atoms with Crippen molar-refractivity contribution in [2.24, 2.45) is 0 Å². The van der Waals surface area contributed by atoms with Gasteiger partial charge in [0.25, 0.3) is 11.4 Å². The van der Waals surface area contributed by atoms with Crippen LogP contribution < -0.4 is 20.7 Å². The van der Waals surface area contributed by atoms with E-state index in [2.05, 4.69) is 20.7 Å². The number of nitrogens with zero attached hydrogens (tertiary/aromatic N) is 4. The highest BCUT2D eigenvalue weighted by atomic mass is 16.6. The predicted molar refractivity (Wildman–Crippen MR) is 165 cm³/mol. The van der Waals surface area contributed by atoms with Crippen molar-refractivity contribution in [3.63, 3.8) is 0 Å². The van der Waals surface area contributed by atoms with Crippen molar-refractivity contribution < 1.29 is 29.3 Å². The molecule has 3 aliphatic rings. The minimum Gasteiger partial charge on any atom is -0.463 e. The molecule has 3 N–H and O–H groups in total. The van der Waals surface area contributed by atoms with E-state index in [4.69, 9.17) is 9.84 Å². The van der Waals surface area contributed by atoms with Crippen LogP contribution in [0.3, 0.4) is 0 Å². The Morgan fingerprint density at radius 2 is 1.36 bits per heavy atom. The summed E-state index contributed by atoms with van der Waals surface area (Å²) in [7, 11) is 0. The summed E-state index contributed by atoms with van der Waals surface area (Å²) in [5, 5.41) is 28.8. The standard InChI is InChI=1S/C15H18N2O4.C13H16N4O3.C2H6O/c1-2-21-15(18)11-12-7-9-16(10-8-12)13-3-5-14(6-4-13)17(19)20;18-12-9-13(15-14-12)5-7-16(8-6-13)10-1-3-11(4-2-10)17(19)20;1-2-3/h3-6,11H,2,7-10H2,1H3;1-4,15H,5-9H2,(H,14,18);3H,2H2,1H3. The molecule has 2 aromatic carbocycles. The minimum atomic E-state index is -0.403. The quantitative estimate of drug-likeness (QED) is 0.188. The smallest absolute Gasteiger partial charge is 0.330 e. The van der Waals surface area contributed by atoms with Gasteiger partial charge in [-0.2, -0.15) is 0 Å². The highest BCUT2D eigenvalue weighted by Gasteiger charge is 2.40. The van der Waals surface area contributed by atoms with Gasteiger partial charge >= 0.3 is 5.97 Å². The topological polar surface area (TPSA) is 180 Å². The van der Waals surface area contributed by atoms with Crippen molar-refractivity contribution in [3.05, 3.63) is 80.4 Å². The van der Waals surface area contributed by atoms with Crippen LogP contribution in [0.1, 0.15) is 46.0 Å². The van der Waals surface area contributed by atoms with E-state index < -0.39 is 9.85 Å². The van der Waals surface area contributed by atoms with E-state index in [9.17, 15) is 29.8 Å². The number of nitrogens with one attached hydrogen (secondary N) is 2. The monoisotopic (exact) mass is 612 g/mol. The molecule has 238 valence electrons. The fourth-order valence-corrected chi connectivity index (χ4v) is 5.21. The van der Waals surface area contributed by atoms with E-state index >= 15 is 0 Å². The summed E-state index contributed by atoms with van der Waals surface area (Å²) in [6.07, 6.45) is 5.47. The maximum atomic E-state index is 11.4. The van der Waals surface area contributed by atoms with Crippen molar-refractivity contribution in [1.29, 1.82) is 0 Å². The van der Waals surface area contributed by atoms with E-state index in [1.165, 1.54) is 24.3 Å². The predicted octanol–water partition coefficient (Wildman–Crippen LogP) is 3.64. The molecule has 3 aliphatic heterocycles. The van der Waals surface area contributed by atoms with Crippen molar-refractivity contribution in [1.82, 2.24) is 10.9 Å². The molecule has 0 aliphatic carbocycles. The van der Waals surface area contributed by atoms with E-state index in [1.54, 1.807) is 44.2 Å². The molecule has 2 aromatic rings. The minimum absolute atomic E-state index is 0.0498. The average Bonchev–Trinajstić information content (AvgIpc) is 3.38. The number of nitro groups is 2. The van der Waals surface area contributed by atoms with Crippen LogP contribution in [0.5, 0.6) is 0 Å². The number of rotatable bonds is 6. The van der Waals surface area contributed by atoms with Crippen LogP contribution in [0.2, 0.25) is 0 Å². The fraction of sp³-hybridized carbons (Fsp3) is 0.467. The first-order chi connectivity index (χ1) is 21.1. The normalized spacial score (nSPS) is 17.0. The lowest BCUT2D eigenvalue weighted by molar-refractivity contribution is -0.385. The first kappa shape index (κ1) is 33.9. The number of carbonyl (C=O) groups excluding carboxylic acids is 2. The molecule has 1 spiro atoms. The van der Waals surface area contributed by atoms with Crippen LogP contribution in [0, 0.1) is 20.2 Å². The average molecular weight is 613 g/mol. The first-order valence-electron chi connectivity index (χ1n) is 14.6. The third-order valence-electron chi connectivity index (χ3n) is 7.55. The summed E-state index contributed by atoms with van der Waals surface area (Å²) in [5.41, 5.74) is 8.91. The molecule has 0 unspecified atom stereocenters. The molecule has 0 radical (unpaired) electrons. The number of piperidine rings is 2. The summed E-state index contributed by atoms with van der Waals surface area (Å²) >= 11 is 0. The summed E-state index contributed by atoms with van der Waals surface area (Å²) in [4.78, 5) is 47.5. The van der Waals surface area contributed by atoms with E-state index in [1.807, 2.05) is 0 Å². The van der Waals surface area contributed by atoms with Gasteiger partial charge < -0.3 is 19.6 Å². The molecule has 5 rings (SSSR count). The molecular formula is C30H40N6O8. The second-order valence-electron chi connectivity index (χ2n) is 10.5. The summed E-state index contributed by atoms with van der Waals surface area (Å²) in [5.74, 6) is -0.231. The highest BCUT2D eigenvalue weighted by molar-refractivity contribution is 5.83. The number of hydrogen-bond acceptors (Lipinski definition) is 11. The lowest BCUT2D eigenvalue weighted by Crippen LogP contribution is -2.52. The molecule has 44 heavy (non-hydrogen) atoms. The molecule has 0 saturated carbocycles. The zero-order valence-corrected chi connectivity index (χ0v) is 25.1. The Kier molecular flexibility index (Phi) is 12.6. The fourth-order valence-electron chi connectivity index (χ4n) is 5.21. The van der Waals surface area contributed by atoms with Crippen molar-refractivity contribution in [3.8, 4) is 0 Å². The number of esters is 1. The number of benzene rings is 2. The molecule has 0 aromatic heterocycles. The van der Waals surface area contributed by atoms with Gasteiger partial charge in [-0.15, -0.1) is 0 Å². The Hall–Kier alpha value is -4.56. The lowest BCUT2D eigenvalue weighted by atomic mass is 9.86. The molecule has 0 bridgehead atoms. The number of anilines is 2. The number of amides is 1. The number of ether oxygens (including phenoxy) is 1. The van der Waals surface area contributed by atoms with Crippen LogP contribution in [-0.2, 0) is 14.3 Å². The molecule has 3 heterocycles. The molecule has 14 nitrogen and oxygen atoms in total. The van der Waals surface area contributed by atoms with Gasteiger partial charge in [-0.1, -0.05) is 5.57 Å². The first-order valence-corrected chi connectivity index (χ1v) is 14.6. The van der Waals surface area contributed by atoms with E-state index in [0.717, 1.165) is 68.8 Å². The van der Waals surface area contributed by atoms with Crippen LogP contribution in [0.25, 0.3) is 0 Å². The highest BCUT2D eigenvalue weighted by Crippen LogP contribution is 2.31. The summed E-state index contributed by atoms with van der Waals surface area (Å²) in [6.45, 7) is 7.36. The van der Waals surface area contributed by atoms with Crippen LogP contribution >= 0.6 is 0 Å². The molecule has 0 atom stereocenters. The number of nitro benzene ring substituents is 2. The molecule has 3 fully saturated rings. The zero-order valence-electron chi connectivity index (χ0n) is 25.1. The van der Waals surface area contributed by atoms with Gasteiger partial charge in [0.2, 0.25) is 5.91 Å². The third kappa shape index (κ3) is 9.74. The van der Waals surface area contributed by atoms with Gasteiger partial charge in [-0.05, 0) is 63.8 Å².